The predicted octanol–water partition coefficient (Wildman–Crippen LogP) is 46.5. The van der Waals surface area contributed by atoms with Gasteiger partial charge in [0.2, 0.25) is 0 Å². The van der Waals surface area contributed by atoms with Crippen molar-refractivity contribution in [2.45, 2.75) is 682 Å². The van der Waals surface area contributed by atoms with Crippen LogP contribution in [0.5, 0.6) is 0 Å². The van der Waals surface area contributed by atoms with E-state index in [0.29, 0.717) is 39.6 Å². The van der Waals surface area contributed by atoms with Crippen LogP contribution < -0.4 is 0 Å². The highest BCUT2D eigenvalue weighted by Crippen LogP contribution is 2.49. The van der Waals surface area contributed by atoms with Crippen LogP contribution in [-0.4, -0.2) is 61.0 Å². The number of rotatable bonds is 110. The molecule has 0 aliphatic heterocycles. The molecule has 2 aromatic heterocycles. The standard InChI is InChI=1S/C138H240N2O6/c1-7-13-19-25-31-37-43-49-55-61-67-73-79-85-91-101-117-141-133-113-107-115-137(145-121-105-95-89-83-77-71-65-59-53-47-41-35-29-23-17-11-5,135(133)143-119-103-93-87-81-75-69-63-57-51-45-39-33-27-21-15-9-3)139-129-111-99-97-109-125(129)127-124-132-128(123-131(127)139)126-110-98-100-112-130(126)140(132)138(146-122-106-96-90-84-78-72-66-60-54-48-42-36-30-24-18-12-6)116-108-114-134(142-118-102-92-86-80-74-68-62-56-50-44-38-32-26-20-14-8-2)136(138)144-120-104-94-88-82-76-70-64-58-52-46-40-34-28-22-16-10-4/h97-100,107-116,123-124,135-136H,7-96,101-106,117-122H2,1-6H3. The van der Waals surface area contributed by atoms with Crippen molar-refractivity contribution in [3.05, 3.63) is 109 Å². The van der Waals surface area contributed by atoms with Gasteiger partial charge in [-0.3, -0.25) is 0 Å². The van der Waals surface area contributed by atoms with E-state index >= 15 is 0 Å². The molecule has 8 heteroatoms. The molecule has 2 aliphatic carbocycles. The van der Waals surface area contributed by atoms with Crippen molar-refractivity contribution in [3.8, 4) is 0 Å². The molecule has 0 spiro atoms. The van der Waals surface area contributed by atoms with E-state index in [1.54, 1.807) is 0 Å². The van der Waals surface area contributed by atoms with E-state index in [9.17, 15) is 0 Å². The smallest absolute Gasteiger partial charge is 0.198 e. The molecular weight excluding hydrogens is 1780 g/mol. The molecule has 838 valence electrons. The Hall–Kier alpha value is -4.34. The highest BCUT2D eigenvalue weighted by molar-refractivity contribution is 6.18. The molecular formula is C138H240N2O6. The van der Waals surface area contributed by atoms with Crippen molar-refractivity contribution >= 4 is 43.6 Å². The van der Waals surface area contributed by atoms with E-state index in [-0.39, 0.29) is 0 Å². The minimum Gasteiger partial charge on any atom is -0.495 e. The maximum absolute atomic E-state index is 8.05. The Morgan fingerprint density at radius 3 is 0.555 bits per heavy atom. The summed E-state index contributed by atoms with van der Waals surface area (Å²) < 4.78 is 51.5. The zero-order chi connectivity index (χ0) is 103. The number of para-hydroxylation sites is 2. The first-order valence-corrected chi connectivity index (χ1v) is 66.1. The molecule has 0 amide bonds. The fourth-order valence-electron chi connectivity index (χ4n) is 24.1. The predicted molar refractivity (Wildman–Crippen MR) is 643 cm³/mol. The monoisotopic (exact) mass is 2020 g/mol. The fraction of sp³-hybridized carbons (Fsp3) is 0.812. The summed E-state index contributed by atoms with van der Waals surface area (Å²) in [7, 11) is 0. The lowest BCUT2D eigenvalue weighted by Crippen LogP contribution is -2.50. The molecule has 0 fully saturated rings. The van der Waals surface area contributed by atoms with E-state index in [1.807, 2.05) is 0 Å². The third-order valence-electron chi connectivity index (χ3n) is 33.4. The average molecular weight is 2020 g/mol. The van der Waals surface area contributed by atoms with Crippen LogP contribution in [-0.2, 0) is 39.9 Å². The van der Waals surface area contributed by atoms with Gasteiger partial charge in [0.25, 0.3) is 0 Å². The zero-order valence-corrected chi connectivity index (χ0v) is 97.9. The lowest BCUT2D eigenvalue weighted by molar-refractivity contribution is -0.164. The quantitative estimate of drug-likeness (QED) is 0.0362. The number of fused-ring (bicyclic) bond motifs is 6. The molecule has 0 bridgehead atoms. The van der Waals surface area contributed by atoms with E-state index in [1.165, 1.54) is 587 Å². The van der Waals surface area contributed by atoms with Crippen LogP contribution in [0.1, 0.15) is 658 Å². The summed E-state index contributed by atoms with van der Waals surface area (Å²) in [5.74, 6) is 1.80. The second kappa shape index (κ2) is 91.0. The molecule has 0 saturated carbocycles. The zero-order valence-electron chi connectivity index (χ0n) is 97.9. The Bertz CT molecular complexity index is 3640. The molecule has 146 heavy (non-hydrogen) atoms. The minimum absolute atomic E-state index is 0.521. The molecule has 5 aromatic rings. The van der Waals surface area contributed by atoms with Crippen molar-refractivity contribution in [1.29, 1.82) is 0 Å². The van der Waals surface area contributed by atoms with Crippen molar-refractivity contribution < 1.29 is 28.4 Å². The molecule has 0 radical (unpaired) electrons. The van der Waals surface area contributed by atoms with Gasteiger partial charge in [-0.1, -0.05) is 668 Å². The summed E-state index contributed by atoms with van der Waals surface area (Å²) in [4.78, 5) is 0. The number of hydrogen-bond acceptors (Lipinski definition) is 6. The van der Waals surface area contributed by atoms with E-state index in [0.717, 1.165) is 85.0 Å². The molecule has 3 aromatic carbocycles. The number of hydrogen-bond donors (Lipinski definition) is 0. The average Bonchev–Trinajstić information content (AvgIpc) is 1.53. The summed E-state index contributed by atoms with van der Waals surface area (Å²) in [6, 6.07) is 23.7. The summed E-state index contributed by atoms with van der Waals surface area (Å²) >= 11 is 0. The van der Waals surface area contributed by atoms with Crippen molar-refractivity contribution in [2.24, 2.45) is 0 Å². The second-order valence-electron chi connectivity index (χ2n) is 46.7. The first-order chi connectivity index (χ1) is 72.5. The third-order valence-corrected chi connectivity index (χ3v) is 33.4. The van der Waals surface area contributed by atoms with Crippen LogP contribution in [0.15, 0.2) is 109 Å². The number of benzene rings is 3. The van der Waals surface area contributed by atoms with Crippen molar-refractivity contribution in [3.63, 3.8) is 0 Å². The van der Waals surface area contributed by atoms with Crippen LogP contribution >= 0.6 is 0 Å². The molecule has 4 atom stereocenters. The van der Waals surface area contributed by atoms with Crippen LogP contribution in [0.2, 0.25) is 0 Å². The molecule has 0 N–H and O–H groups in total. The number of nitrogens with zero attached hydrogens (tertiary/aromatic N) is 2. The van der Waals surface area contributed by atoms with E-state index < -0.39 is 23.7 Å². The third kappa shape index (κ3) is 55.7. The van der Waals surface area contributed by atoms with E-state index in [2.05, 4.69) is 148 Å². The maximum Gasteiger partial charge on any atom is 0.198 e. The van der Waals surface area contributed by atoms with Crippen molar-refractivity contribution in [2.75, 3.05) is 39.6 Å². The van der Waals surface area contributed by atoms with Gasteiger partial charge in [0.05, 0.1) is 35.3 Å². The minimum atomic E-state index is -1.07. The Balaban J connectivity index is 1.21. The van der Waals surface area contributed by atoms with Crippen LogP contribution in [0.4, 0.5) is 0 Å². The van der Waals surface area contributed by atoms with Crippen LogP contribution in [0.25, 0.3) is 43.6 Å². The number of aromatic nitrogens is 2. The fourth-order valence-corrected chi connectivity index (χ4v) is 24.1. The molecule has 2 heterocycles. The first kappa shape index (κ1) is 129. The normalized spacial score (nSPS) is 16.0. The highest BCUT2D eigenvalue weighted by atomic mass is 16.6. The molecule has 2 aliphatic rings. The van der Waals surface area contributed by atoms with Gasteiger partial charge in [0.15, 0.2) is 23.7 Å². The number of allylic oxidation sites excluding steroid dienone is 4. The maximum atomic E-state index is 8.05. The Morgan fingerprint density at radius 2 is 0.356 bits per heavy atom. The van der Waals surface area contributed by atoms with Gasteiger partial charge >= 0.3 is 0 Å². The van der Waals surface area contributed by atoms with Gasteiger partial charge in [-0.2, -0.15) is 0 Å². The summed E-state index contributed by atoms with van der Waals surface area (Å²) in [5, 5.41) is 4.82. The van der Waals surface area contributed by atoms with Gasteiger partial charge in [0, 0.05) is 48.0 Å². The molecule has 7 rings (SSSR count). The lowest BCUT2D eigenvalue weighted by Gasteiger charge is -2.43. The first-order valence-electron chi connectivity index (χ1n) is 66.1. The molecule has 0 saturated heterocycles. The number of ether oxygens (including phenoxy) is 6. The van der Waals surface area contributed by atoms with Gasteiger partial charge in [-0.15, -0.1) is 0 Å². The summed E-state index contributed by atoms with van der Waals surface area (Å²) in [6.07, 6.45) is 142. The Morgan fingerprint density at radius 1 is 0.185 bits per heavy atom. The molecule has 4 unspecified atom stereocenters. The Kier molecular flexibility index (Phi) is 80.1. The van der Waals surface area contributed by atoms with Gasteiger partial charge in [-0.25, -0.2) is 0 Å². The second-order valence-corrected chi connectivity index (χ2v) is 46.7. The lowest BCUT2D eigenvalue weighted by atomic mass is 9.96. The summed E-state index contributed by atoms with van der Waals surface area (Å²) in [5.41, 5.74) is 2.45. The number of unbranched alkanes of at least 4 members (excludes halogenated alkanes) is 90. The van der Waals surface area contributed by atoms with Gasteiger partial charge in [-0.05, 0) is 87.1 Å². The Labute approximate surface area is 905 Å². The van der Waals surface area contributed by atoms with Gasteiger partial charge < -0.3 is 37.6 Å². The molecule has 8 nitrogen and oxygen atoms in total. The van der Waals surface area contributed by atoms with Crippen LogP contribution in [0.3, 0.4) is 0 Å². The largest absolute Gasteiger partial charge is 0.495 e. The van der Waals surface area contributed by atoms with Gasteiger partial charge in [0.1, 0.15) is 11.5 Å². The topological polar surface area (TPSA) is 65.2 Å². The van der Waals surface area contributed by atoms with Crippen molar-refractivity contribution in [1.82, 2.24) is 9.13 Å². The summed E-state index contributed by atoms with van der Waals surface area (Å²) in [6.45, 7) is 17.8. The highest BCUT2D eigenvalue weighted by Gasteiger charge is 2.50. The SMILES string of the molecule is CCCCCCCCCCCCCCCCCCOC1=CC=CC(OCCCCCCCCCCCCCCCCCC)(n2c3ccccc3c3cc4c(cc32)c2ccccc2n4C2(OCCCCCCCCCCCCCCCCCC)C=CC=C(OCCCCCCCCCCCCCCCCCC)C2OCCCCCCCCCCCCCCCCCC)C1OCCCCCCCCCCCCCCCCCC. The van der Waals surface area contributed by atoms with E-state index in [4.69, 9.17) is 28.4 Å². The van der Waals surface area contributed by atoms with Crippen LogP contribution in [0, 0.1) is 0 Å².